The molecule has 0 aromatic heterocycles. The molecule has 1 rings (SSSR count). The van der Waals surface area contributed by atoms with Crippen molar-refractivity contribution in [2.45, 2.75) is 13.3 Å². The van der Waals surface area contributed by atoms with E-state index >= 15 is 0 Å². The van der Waals surface area contributed by atoms with Crippen LogP contribution in [0.2, 0.25) is 0 Å². The van der Waals surface area contributed by atoms with Gasteiger partial charge in [-0.2, -0.15) is 5.26 Å². The topological polar surface area (TPSA) is 70.3 Å². The van der Waals surface area contributed by atoms with Crippen LogP contribution in [-0.2, 0) is 11.2 Å². The van der Waals surface area contributed by atoms with Gasteiger partial charge in [0, 0.05) is 0 Å². The Bertz CT molecular complexity index is 432. The molecular formula is C11H11NO3. The van der Waals surface area contributed by atoms with E-state index in [0.717, 1.165) is 0 Å². The molecule has 0 amide bonds. The van der Waals surface area contributed by atoms with Gasteiger partial charge >= 0.3 is 5.97 Å². The highest BCUT2D eigenvalue weighted by Crippen LogP contribution is 2.24. The number of nitrogens with zero attached hydrogens (tertiary/aromatic N) is 1. The van der Waals surface area contributed by atoms with Crippen molar-refractivity contribution in [1.82, 2.24) is 0 Å². The summed E-state index contributed by atoms with van der Waals surface area (Å²) in [5.41, 5.74) is 0.985. The molecule has 0 saturated carbocycles. The lowest BCUT2D eigenvalue weighted by Crippen LogP contribution is -2.07. The van der Waals surface area contributed by atoms with Crippen molar-refractivity contribution in [3.05, 3.63) is 28.8 Å². The summed E-state index contributed by atoms with van der Waals surface area (Å²) in [6.07, 6.45) is 0.488. The first kappa shape index (κ1) is 11.1. The van der Waals surface area contributed by atoms with Crippen molar-refractivity contribution in [2.75, 3.05) is 7.11 Å². The van der Waals surface area contributed by atoms with Crippen molar-refractivity contribution < 1.29 is 14.6 Å². The van der Waals surface area contributed by atoms with E-state index < -0.39 is 5.97 Å². The number of phenols is 1. The molecular weight excluding hydrogens is 194 g/mol. The quantitative estimate of drug-likeness (QED) is 0.744. The summed E-state index contributed by atoms with van der Waals surface area (Å²) in [5, 5.41) is 18.3. The minimum Gasteiger partial charge on any atom is -0.507 e. The van der Waals surface area contributed by atoms with Crippen LogP contribution < -0.4 is 0 Å². The number of nitriles is 1. The number of benzene rings is 1. The molecule has 0 unspecified atom stereocenters. The molecule has 0 aliphatic carbocycles. The fraction of sp³-hybridized carbons (Fsp3) is 0.273. The highest BCUT2D eigenvalue weighted by molar-refractivity contribution is 5.92. The first-order valence-electron chi connectivity index (χ1n) is 4.49. The highest BCUT2D eigenvalue weighted by Gasteiger charge is 2.16. The Labute approximate surface area is 87.7 Å². The Balaban J connectivity index is 3.43. The van der Waals surface area contributed by atoms with Crippen LogP contribution in [0.1, 0.15) is 28.4 Å². The van der Waals surface area contributed by atoms with Crippen molar-refractivity contribution in [3.8, 4) is 11.8 Å². The molecule has 0 saturated heterocycles. The second-order valence-electron chi connectivity index (χ2n) is 2.94. The third kappa shape index (κ3) is 1.91. The van der Waals surface area contributed by atoms with Gasteiger partial charge < -0.3 is 9.84 Å². The summed E-state index contributed by atoms with van der Waals surface area (Å²) in [7, 11) is 1.28. The third-order valence-electron chi connectivity index (χ3n) is 2.16. The number of aromatic hydroxyl groups is 1. The number of carbonyl (C=O) groups is 1. The maximum atomic E-state index is 11.4. The Morgan fingerprint density at radius 2 is 2.27 bits per heavy atom. The van der Waals surface area contributed by atoms with Gasteiger partial charge in [-0.25, -0.2) is 4.79 Å². The molecule has 0 bridgehead atoms. The molecule has 0 heterocycles. The third-order valence-corrected chi connectivity index (χ3v) is 2.16. The van der Waals surface area contributed by atoms with E-state index in [1.807, 2.05) is 13.0 Å². The predicted molar refractivity (Wildman–Crippen MR) is 53.5 cm³/mol. The average molecular weight is 205 g/mol. The lowest BCUT2D eigenvalue weighted by atomic mass is 9.98. The van der Waals surface area contributed by atoms with E-state index in [1.165, 1.54) is 19.2 Å². The molecule has 1 aromatic rings. The van der Waals surface area contributed by atoms with Gasteiger partial charge in [-0.3, -0.25) is 0 Å². The molecule has 0 radical (unpaired) electrons. The number of hydrogen-bond acceptors (Lipinski definition) is 4. The van der Waals surface area contributed by atoms with Crippen molar-refractivity contribution in [3.63, 3.8) is 0 Å². The average Bonchev–Trinajstić information content (AvgIpc) is 2.27. The molecule has 78 valence electrons. The van der Waals surface area contributed by atoms with Gasteiger partial charge in [-0.1, -0.05) is 6.92 Å². The van der Waals surface area contributed by atoms with Gasteiger partial charge in [0.2, 0.25) is 0 Å². The molecule has 4 nitrogen and oxygen atoms in total. The number of methoxy groups -OCH3 is 1. The van der Waals surface area contributed by atoms with Gasteiger partial charge in [0.1, 0.15) is 11.8 Å². The predicted octanol–water partition coefficient (Wildman–Crippen LogP) is 1.61. The Morgan fingerprint density at radius 3 is 2.73 bits per heavy atom. The Morgan fingerprint density at radius 1 is 1.60 bits per heavy atom. The zero-order valence-corrected chi connectivity index (χ0v) is 8.57. The summed E-state index contributed by atoms with van der Waals surface area (Å²) in [6.45, 7) is 1.81. The largest absolute Gasteiger partial charge is 0.507 e. The molecule has 1 aromatic carbocycles. The molecule has 0 aliphatic rings. The summed E-state index contributed by atoms with van der Waals surface area (Å²) in [4.78, 5) is 11.4. The molecule has 4 heteroatoms. The van der Waals surface area contributed by atoms with Crippen molar-refractivity contribution in [2.24, 2.45) is 0 Å². The second kappa shape index (κ2) is 4.47. The van der Waals surface area contributed by atoms with Crippen LogP contribution in [0.4, 0.5) is 0 Å². The molecule has 0 spiro atoms. The van der Waals surface area contributed by atoms with E-state index in [0.29, 0.717) is 17.5 Å². The van der Waals surface area contributed by atoms with Crippen LogP contribution in [0.25, 0.3) is 0 Å². The molecule has 0 fully saturated rings. The van der Waals surface area contributed by atoms with E-state index in [1.54, 1.807) is 0 Å². The van der Waals surface area contributed by atoms with E-state index in [9.17, 15) is 9.90 Å². The summed E-state index contributed by atoms with van der Waals surface area (Å²) < 4.78 is 4.59. The number of esters is 1. The minimum atomic E-state index is -0.497. The fourth-order valence-corrected chi connectivity index (χ4v) is 1.43. The van der Waals surface area contributed by atoms with E-state index in [-0.39, 0.29) is 11.3 Å². The zero-order valence-electron chi connectivity index (χ0n) is 8.57. The minimum absolute atomic E-state index is 0.109. The van der Waals surface area contributed by atoms with E-state index in [4.69, 9.17) is 5.26 Å². The molecule has 1 N–H and O–H groups in total. The molecule has 0 atom stereocenters. The number of phenolic OH excluding ortho intramolecular Hbond substituents is 1. The number of hydrogen-bond donors (Lipinski definition) is 1. The fourth-order valence-electron chi connectivity index (χ4n) is 1.43. The lowest BCUT2D eigenvalue weighted by Gasteiger charge is -2.08. The smallest absolute Gasteiger partial charge is 0.338 e. The summed E-state index contributed by atoms with van der Waals surface area (Å²) >= 11 is 0. The van der Waals surface area contributed by atoms with Crippen LogP contribution in [0.15, 0.2) is 12.1 Å². The molecule has 0 aliphatic heterocycles. The second-order valence-corrected chi connectivity index (χ2v) is 2.94. The highest BCUT2D eigenvalue weighted by atomic mass is 16.5. The van der Waals surface area contributed by atoms with Crippen LogP contribution in [0, 0.1) is 11.3 Å². The van der Waals surface area contributed by atoms with Gasteiger partial charge in [0.05, 0.1) is 18.2 Å². The maximum absolute atomic E-state index is 11.4. The number of rotatable bonds is 2. The Kier molecular flexibility index (Phi) is 3.29. The first-order chi connectivity index (χ1) is 7.15. The normalized spacial score (nSPS) is 9.40. The van der Waals surface area contributed by atoms with Crippen molar-refractivity contribution in [1.29, 1.82) is 5.26 Å². The first-order valence-corrected chi connectivity index (χ1v) is 4.49. The Hall–Kier alpha value is -2.02. The van der Waals surface area contributed by atoms with Crippen molar-refractivity contribution >= 4 is 5.97 Å². The summed E-state index contributed by atoms with van der Waals surface area (Å²) in [6, 6.07) is 4.66. The number of ether oxygens (including phenoxy) is 1. The monoisotopic (exact) mass is 205 g/mol. The van der Waals surface area contributed by atoms with Gasteiger partial charge in [0.15, 0.2) is 0 Å². The van der Waals surface area contributed by atoms with Crippen LogP contribution in [0.3, 0.4) is 0 Å². The van der Waals surface area contributed by atoms with E-state index in [2.05, 4.69) is 4.74 Å². The molecule has 15 heavy (non-hydrogen) atoms. The zero-order chi connectivity index (χ0) is 11.4. The maximum Gasteiger partial charge on any atom is 0.338 e. The SMILES string of the molecule is CCc1c(C(=O)OC)ccc(O)c1C#N. The van der Waals surface area contributed by atoms with Crippen LogP contribution in [0.5, 0.6) is 5.75 Å². The van der Waals surface area contributed by atoms with Crippen LogP contribution in [-0.4, -0.2) is 18.2 Å². The van der Waals surface area contributed by atoms with Gasteiger partial charge in [-0.05, 0) is 24.1 Å². The van der Waals surface area contributed by atoms with Gasteiger partial charge in [0.25, 0.3) is 0 Å². The standard InChI is InChI=1S/C11H11NO3/c1-3-7-8(11(14)15-2)4-5-10(13)9(7)6-12/h4-5,13H,3H2,1-2H3. The van der Waals surface area contributed by atoms with Gasteiger partial charge in [-0.15, -0.1) is 0 Å². The lowest BCUT2D eigenvalue weighted by molar-refractivity contribution is 0.0599. The van der Waals surface area contributed by atoms with Crippen LogP contribution >= 0.6 is 0 Å². The number of carbonyl (C=O) groups excluding carboxylic acids is 1. The summed E-state index contributed by atoms with van der Waals surface area (Å²) in [5.74, 6) is -0.606.